The number of aromatic nitrogens is 2. The second-order valence-electron chi connectivity index (χ2n) is 6.44. The number of aryl methyl sites for hydroxylation is 1. The molecule has 0 unspecified atom stereocenters. The largest absolute Gasteiger partial charge is 0.351 e. The van der Waals surface area contributed by atoms with Gasteiger partial charge in [0, 0.05) is 38.5 Å². The lowest BCUT2D eigenvalue weighted by Gasteiger charge is -2.19. The van der Waals surface area contributed by atoms with Crippen LogP contribution in [0.15, 0.2) is 60.9 Å². The maximum atomic E-state index is 13.7. The van der Waals surface area contributed by atoms with E-state index in [1.807, 2.05) is 41.9 Å². The highest BCUT2D eigenvalue weighted by atomic mass is 19.1. The quantitative estimate of drug-likeness (QED) is 0.643. The highest BCUT2D eigenvalue weighted by Gasteiger charge is 2.20. The first kappa shape index (κ1) is 20.2. The standard InChI is InChI=1S/C21H20F2N4O2/c1-27-12-11-24-20(27)19(14-5-3-2-4-6-14)26-18(28)9-10-25-21(29)16-8-7-15(22)13-17(16)23/h2-8,11-13,19H,9-10H2,1H3,(H,25,29)(H,26,28)/t19-/m0/s1. The van der Waals surface area contributed by atoms with Gasteiger partial charge in [-0.3, -0.25) is 9.59 Å². The maximum absolute atomic E-state index is 13.7. The predicted octanol–water partition coefficient (Wildman–Crippen LogP) is 2.72. The summed E-state index contributed by atoms with van der Waals surface area (Å²) in [7, 11) is 1.84. The smallest absolute Gasteiger partial charge is 0.254 e. The minimum atomic E-state index is -0.953. The van der Waals surface area contributed by atoms with Gasteiger partial charge in [-0.1, -0.05) is 30.3 Å². The number of hydrogen-bond donors (Lipinski definition) is 2. The molecule has 1 aromatic heterocycles. The van der Waals surface area contributed by atoms with Crippen molar-refractivity contribution in [2.75, 3.05) is 6.54 Å². The maximum Gasteiger partial charge on any atom is 0.254 e. The fourth-order valence-electron chi connectivity index (χ4n) is 2.89. The van der Waals surface area contributed by atoms with Crippen molar-refractivity contribution in [3.63, 3.8) is 0 Å². The summed E-state index contributed by atoms with van der Waals surface area (Å²) in [5, 5.41) is 5.38. The topological polar surface area (TPSA) is 76.0 Å². The van der Waals surface area contributed by atoms with Crippen LogP contribution in [0, 0.1) is 11.6 Å². The van der Waals surface area contributed by atoms with Crippen molar-refractivity contribution in [3.05, 3.63) is 89.5 Å². The van der Waals surface area contributed by atoms with E-state index < -0.39 is 23.6 Å². The van der Waals surface area contributed by atoms with Gasteiger partial charge in [-0.15, -0.1) is 0 Å². The zero-order valence-corrected chi connectivity index (χ0v) is 15.7. The van der Waals surface area contributed by atoms with Crippen LogP contribution in [0.1, 0.15) is 34.2 Å². The molecule has 0 saturated carbocycles. The average molecular weight is 398 g/mol. The van der Waals surface area contributed by atoms with Crippen LogP contribution in [0.4, 0.5) is 8.78 Å². The molecule has 0 aliphatic rings. The first-order valence-electron chi connectivity index (χ1n) is 9.00. The van der Waals surface area contributed by atoms with Crippen molar-refractivity contribution in [2.45, 2.75) is 12.5 Å². The molecule has 1 heterocycles. The van der Waals surface area contributed by atoms with E-state index in [0.717, 1.165) is 17.7 Å². The van der Waals surface area contributed by atoms with E-state index in [-0.39, 0.29) is 24.4 Å². The molecule has 0 bridgehead atoms. The number of carbonyl (C=O) groups excluding carboxylic acids is 2. The van der Waals surface area contributed by atoms with Gasteiger partial charge in [-0.25, -0.2) is 13.8 Å². The van der Waals surface area contributed by atoms with Crippen molar-refractivity contribution in [1.82, 2.24) is 20.2 Å². The number of amides is 2. The van der Waals surface area contributed by atoms with Gasteiger partial charge < -0.3 is 15.2 Å². The van der Waals surface area contributed by atoms with Gasteiger partial charge in [-0.05, 0) is 17.7 Å². The third-order valence-electron chi connectivity index (χ3n) is 4.37. The number of nitrogens with one attached hydrogen (secondary N) is 2. The third kappa shape index (κ3) is 5.04. The van der Waals surface area contributed by atoms with Gasteiger partial charge in [0.05, 0.1) is 5.56 Å². The number of benzene rings is 2. The van der Waals surface area contributed by atoms with Crippen LogP contribution in [0.3, 0.4) is 0 Å². The predicted molar refractivity (Wildman–Crippen MR) is 103 cm³/mol. The number of rotatable bonds is 7. The molecular formula is C21H20F2N4O2. The summed E-state index contributed by atoms with van der Waals surface area (Å²) in [6.07, 6.45) is 3.42. The highest BCUT2D eigenvalue weighted by Crippen LogP contribution is 2.20. The van der Waals surface area contributed by atoms with Crippen LogP contribution in [-0.2, 0) is 11.8 Å². The summed E-state index contributed by atoms with van der Waals surface area (Å²) in [6, 6.07) is 11.6. The van der Waals surface area contributed by atoms with Crippen LogP contribution < -0.4 is 10.6 Å². The summed E-state index contributed by atoms with van der Waals surface area (Å²) in [5.74, 6) is -2.06. The van der Waals surface area contributed by atoms with E-state index in [1.54, 1.807) is 12.4 Å². The zero-order valence-electron chi connectivity index (χ0n) is 15.7. The Kier molecular flexibility index (Phi) is 6.33. The van der Waals surface area contributed by atoms with E-state index in [2.05, 4.69) is 15.6 Å². The Morgan fingerprint density at radius 1 is 1.14 bits per heavy atom. The summed E-state index contributed by atoms with van der Waals surface area (Å²) in [4.78, 5) is 28.8. The third-order valence-corrected chi connectivity index (χ3v) is 4.37. The van der Waals surface area contributed by atoms with Crippen molar-refractivity contribution in [2.24, 2.45) is 7.05 Å². The molecule has 6 nitrogen and oxygen atoms in total. The van der Waals surface area contributed by atoms with Crippen LogP contribution in [-0.4, -0.2) is 27.9 Å². The lowest BCUT2D eigenvalue weighted by Crippen LogP contribution is -2.34. The van der Waals surface area contributed by atoms with Gasteiger partial charge >= 0.3 is 0 Å². The lowest BCUT2D eigenvalue weighted by molar-refractivity contribution is -0.121. The molecule has 2 N–H and O–H groups in total. The molecule has 0 fully saturated rings. The fraction of sp³-hybridized carbons (Fsp3) is 0.190. The molecule has 2 aromatic carbocycles. The van der Waals surface area contributed by atoms with Crippen LogP contribution in [0.5, 0.6) is 0 Å². The second kappa shape index (κ2) is 9.09. The van der Waals surface area contributed by atoms with Crippen molar-refractivity contribution in [1.29, 1.82) is 0 Å². The molecule has 29 heavy (non-hydrogen) atoms. The van der Waals surface area contributed by atoms with Gasteiger partial charge in [0.2, 0.25) is 5.91 Å². The molecule has 3 aromatic rings. The summed E-state index contributed by atoms with van der Waals surface area (Å²) < 4.78 is 28.4. The van der Waals surface area contributed by atoms with E-state index in [1.165, 1.54) is 0 Å². The monoisotopic (exact) mass is 398 g/mol. The molecule has 150 valence electrons. The number of carbonyl (C=O) groups is 2. The Bertz CT molecular complexity index is 1000. The van der Waals surface area contributed by atoms with Crippen molar-refractivity contribution in [3.8, 4) is 0 Å². The van der Waals surface area contributed by atoms with E-state index >= 15 is 0 Å². The second-order valence-corrected chi connectivity index (χ2v) is 6.44. The highest BCUT2D eigenvalue weighted by molar-refractivity contribution is 5.94. The lowest BCUT2D eigenvalue weighted by atomic mass is 10.1. The number of nitrogens with zero attached hydrogens (tertiary/aromatic N) is 2. The molecule has 8 heteroatoms. The molecule has 0 radical (unpaired) electrons. The normalized spacial score (nSPS) is 11.7. The van der Waals surface area contributed by atoms with Gasteiger partial charge in [0.25, 0.3) is 5.91 Å². The molecule has 0 aliphatic carbocycles. The van der Waals surface area contributed by atoms with Crippen molar-refractivity contribution < 1.29 is 18.4 Å². The van der Waals surface area contributed by atoms with Crippen LogP contribution in [0.25, 0.3) is 0 Å². The molecule has 2 amide bonds. The minimum Gasteiger partial charge on any atom is -0.351 e. The van der Waals surface area contributed by atoms with E-state index in [0.29, 0.717) is 11.9 Å². The SMILES string of the molecule is Cn1ccnc1[C@@H](NC(=O)CCNC(=O)c1ccc(F)cc1F)c1ccccc1. The van der Waals surface area contributed by atoms with Gasteiger partial charge in [-0.2, -0.15) is 0 Å². The minimum absolute atomic E-state index is 0.00353. The summed E-state index contributed by atoms with van der Waals surface area (Å²) in [6.45, 7) is 0.00353. The molecule has 0 spiro atoms. The first-order valence-corrected chi connectivity index (χ1v) is 9.00. The molecule has 0 saturated heterocycles. The zero-order chi connectivity index (χ0) is 20.8. The molecular weight excluding hydrogens is 378 g/mol. The van der Waals surface area contributed by atoms with Crippen LogP contribution in [0.2, 0.25) is 0 Å². The average Bonchev–Trinajstić information content (AvgIpc) is 3.12. The number of hydrogen-bond acceptors (Lipinski definition) is 3. The number of halogens is 2. The van der Waals surface area contributed by atoms with Crippen LogP contribution >= 0.6 is 0 Å². The Balaban J connectivity index is 1.61. The first-order chi connectivity index (χ1) is 14.0. The van der Waals surface area contributed by atoms with E-state index in [9.17, 15) is 18.4 Å². The number of imidazole rings is 1. The molecule has 1 atom stereocenters. The Hall–Kier alpha value is -3.55. The van der Waals surface area contributed by atoms with Gasteiger partial charge in [0.15, 0.2) is 0 Å². The molecule has 0 aliphatic heterocycles. The summed E-state index contributed by atoms with van der Waals surface area (Å²) in [5.41, 5.74) is 0.592. The molecule has 3 rings (SSSR count). The Labute approximate surface area is 166 Å². The Morgan fingerprint density at radius 3 is 2.55 bits per heavy atom. The van der Waals surface area contributed by atoms with Crippen molar-refractivity contribution >= 4 is 11.8 Å². The summed E-state index contributed by atoms with van der Waals surface area (Å²) >= 11 is 0. The van der Waals surface area contributed by atoms with E-state index in [4.69, 9.17) is 0 Å². The Morgan fingerprint density at radius 2 is 1.90 bits per heavy atom. The van der Waals surface area contributed by atoms with Gasteiger partial charge in [0.1, 0.15) is 23.5 Å². The fourth-order valence-corrected chi connectivity index (χ4v) is 2.89.